The van der Waals surface area contributed by atoms with Crippen LogP contribution in [0.2, 0.25) is 0 Å². The summed E-state index contributed by atoms with van der Waals surface area (Å²) in [6.07, 6.45) is 1.49. The SMILES string of the molecule is Cc1ccc(N2C[C@]3(CCN(C(=O)C(C)C)C3)CC2=O)cc1. The highest BCUT2D eigenvalue weighted by molar-refractivity contribution is 5.96. The summed E-state index contributed by atoms with van der Waals surface area (Å²) >= 11 is 0. The van der Waals surface area contributed by atoms with Gasteiger partial charge in [0.25, 0.3) is 0 Å². The van der Waals surface area contributed by atoms with Crippen LogP contribution in [0.15, 0.2) is 24.3 Å². The van der Waals surface area contributed by atoms with E-state index in [0.717, 1.165) is 31.7 Å². The van der Waals surface area contributed by atoms with Crippen molar-refractivity contribution >= 4 is 17.5 Å². The molecular weight excluding hydrogens is 276 g/mol. The molecular formula is C18H24N2O2. The average Bonchev–Trinajstić information content (AvgIpc) is 3.03. The molecule has 3 rings (SSSR count). The fourth-order valence-corrected chi connectivity index (χ4v) is 3.62. The highest BCUT2D eigenvalue weighted by Gasteiger charge is 2.48. The Morgan fingerprint density at radius 2 is 1.86 bits per heavy atom. The molecule has 2 fully saturated rings. The van der Waals surface area contributed by atoms with Crippen LogP contribution in [0.3, 0.4) is 0 Å². The zero-order valence-corrected chi connectivity index (χ0v) is 13.6. The summed E-state index contributed by atoms with van der Waals surface area (Å²) in [6, 6.07) is 8.10. The summed E-state index contributed by atoms with van der Waals surface area (Å²) in [5.74, 6) is 0.418. The van der Waals surface area contributed by atoms with Gasteiger partial charge in [-0.05, 0) is 25.5 Å². The van der Waals surface area contributed by atoms with Gasteiger partial charge in [0.1, 0.15) is 0 Å². The minimum atomic E-state index is -0.0491. The Kier molecular flexibility index (Phi) is 3.71. The molecule has 118 valence electrons. The van der Waals surface area contributed by atoms with Crippen molar-refractivity contribution in [3.05, 3.63) is 29.8 Å². The quantitative estimate of drug-likeness (QED) is 0.842. The molecule has 22 heavy (non-hydrogen) atoms. The predicted octanol–water partition coefficient (Wildman–Crippen LogP) is 2.61. The Bertz CT molecular complexity index is 594. The minimum Gasteiger partial charge on any atom is -0.342 e. The van der Waals surface area contributed by atoms with Crippen molar-refractivity contribution in [1.29, 1.82) is 0 Å². The van der Waals surface area contributed by atoms with E-state index in [1.807, 2.05) is 54.8 Å². The monoisotopic (exact) mass is 300 g/mol. The van der Waals surface area contributed by atoms with Crippen LogP contribution in [0.5, 0.6) is 0 Å². The van der Waals surface area contributed by atoms with E-state index in [0.29, 0.717) is 6.42 Å². The summed E-state index contributed by atoms with van der Waals surface area (Å²) in [5, 5.41) is 0. The standard InChI is InChI=1S/C18H24N2O2/c1-13(2)17(22)19-9-8-18(11-19)10-16(21)20(12-18)15-6-4-14(3)5-7-15/h4-7,13H,8-12H2,1-3H3/t18-/m1/s1. The number of aryl methyl sites for hydroxylation is 1. The number of rotatable bonds is 2. The number of carbonyl (C=O) groups is 2. The third-order valence-electron chi connectivity index (χ3n) is 4.91. The van der Waals surface area contributed by atoms with Crippen molar-refractivity contribution in [3.63, 3.8) is 0 Å². The molecule has 2 aliphatic rings. The average molecular weight is 300 g/mol. The summed E-state index contributed by atoms with van der Waals surface area (Å²) in [5.41, 5.74) is 2.12. The van der Waals surface area contributed by atoms with Crippen molar-refractivity contribution in [3.8, 4) is 0 Å². The Balaban J connectivity index is 1.75. The van der Waals surface area contributed by atoms with Crippen LogP contribution < -0.4 is 4.90 Å². The molecule has 0 aromatic heterocycles. The van der Waals surface area contributed by atoms with Gasteiger partial charge in [0.15, 0.2) is 0 Å². The summed E-state index contributed by atoms with van der Waals surface area (Å²) < 4.78 is 0. The van der Waals surface area contributed by atoms with Crippen molar-refractivity contribution in [2.75, 3.05) is 24.5 Å². The van der Waals surface area contributed by atoms with Crippen LogP contribution in [0.1, 0.15) is 32.3 Å². The molecule has 2 amide bonds. The van der Waals surface area contributed by atoms with E-state index in [1.54, 1.807) is 0 Å². The lowest BCUT2D eigenvalue weighted by Gasteiger charge is -2.25. The maximum absolute atomic E-state index is 12.5. The van der Waals surface area contributed by atoms with Gasteiger partial charge in [0.2, 0.25) is 11.8 Å². The fraction of sp³-hybridized carbons (Fsp3) is 0.556. The number of likely N-dealkylation sites (tertiary alicyclic amines) is 1. The molecule has 4 heteroatoms. The van der Waals surface area contributed by atoms with E-state index in [1.165, 1.54) is 5.56 Å². The first-order valence-corrected chi connectivity index (χ1v) is 8.06. The van der Waals surface area contributed by atoms with Gasteiger partial charge in [-0.1, -0.05) is 31.5 Å². The Morgan fingerprint density at radius 1 is 1.18 bits per heavy atom. The first-order valence-electron chi connectivity index (χ1n) is 8.06. The van der Waals surface area contributed by atoms with Gasteiger partial charge in [-0.25, -0.2) is 0 Å². The Morgan fingerprint density at radius 3 is 2.50 bits per heavy atom. The third kappa shape index (κ3) is 2.62. The van der Waals surface area contributed by atoms with Crippen LogP contribution in [0.4, 0.5) is 5.69 Å². The first kappa shape index (κ1) is 15.1. The van der Waals surface area contributed by atoms with E-state index < -0.39 is 0 Å². The summed E-state index contributed by atoms with van der Waals surface area (Å²) in [4.78, 5) is 28.5. The van der Waals surface area contributed by atoms with E-state index in [4.69, 9.17) is 0 Å². The number of anilines is 1. The van der Waals surface area contributed by atoms with Gasteiger partial charge in [-0.15, -0.1) is 0 Å². The van der Waals surface area contributed by atoms with Gasteiger partial charge < -0.3 is 9.80 Å². The number of benzene rings is 1. The summed E-state index contributed by atoms with van der Waals surface area (Å²) in [7, 11) is 0. The van der Waals surface area contributed by atoms with Crippen molar-refractivity contribution in [2.45, 2.75) is 33.6 Å². The highest BCUT2D eigenvalue weighted by Crippen LogP contribution is 2.42. The van der Waals surface area contributed by atoms with Gasteiger partial charge in [-0.2, -0.15) is 0 Å². The molecule has 2 heterocycles. The topological polar surface area (TPSA) is 40.6 Å². The number of nitrogens with zero attached hydrogens (tertiary/aromatic N) is 2. The van der Waals surface area contributed by atoms with Gasteiger partial charge in [0.05, 0.1) is 0 Å². The molecule has 1 atom stereocenters. The zero-order valence-electron chi connectivity index (χ0n) is 13.6. The van der Waals surface area contributed by atoms with Crippen LogP contribution in [-0.2, 0) is 9.59 Å². The Hall–Kier alpha value is -1.84. The van der Waals surface area contributed by atoms with Crippen LogP contribution >= 0.6 is 0 Å². The summed E-state index contributed by atoms with van der Waals surface area (Å²) in [6.45, 7) is 8.15. The number of hydrogen-bond donors (Lipinski definition) is 0. The van der Waals surface area contributed by atoms with Crippen molar-refractivity contribution < 1.29 is 9.59 Å². The molecule has 0 unspecified atom stereocenters. The maximum atomic E-state index is 12.5. The van der Waals surface area contributed by atoms with Crippen molar-refractivity contribution in [1.82, 2.24) is 4.90 Å². The van der Waals surface area contributed by atoms with Crippen LogP contribution in [-0.4, -0.2) is 36.3 Å². The minimum absolute atomic E-state index is 0.0282. The molecule has 0 radical (unpaired) electrons. The largest absolute Gasteiger partial charge is 0.342 e. The van der Waals surface area contributed by atoms with Crippen LogP contribution in [0, 0.1) is 18.3 Å². The van der Waals surface area contributed by atoms with Gasteiger partial charge >= 0.3 is 0 Å². The second-order valence-corrected chi connectivity index (χ2v) is 7.16. The molecule has 4 nitrogen and oxygen atoms in total. The number of carbonyl (C=O) groups excluding carboxylic acids is 2. The predicted molar refractivity (Wildman–Crippen MR) is 86.6 cm³/mol. The molecule has 1 aromatic rings. The number of amides is 2. The molecule has 0 saturated carbocycles. The lowest BCUT2D eigenvalue weighted by molar-refractivity contribution is -0.133. The lowest BCUT2D eigenvalue weighted by Crippen LogP contribution is -2.36. The first-order chi connectivity index (χ1) is 10.4. The van der Waals surface area contributed by atoms with Crippen molar-refractivity contribution in [2.24, 2.45) is 11.3 Å². The second kappa shape index (κ2) is 5.41. The van der Waals surface area contributed by atoms with Crippen LogP contribution in [0.25, 0.3) is 0 Å². The van der Waals surface area contributed by atoms with Gasteiger partial charge in [0, 0.05) is 43.1 Å². The van der Waals surface area contributed by atoms with E-state index in [9.17, 15) is 9.59 Å². The smallest absolute Gasteiger partial charge is 0.227 e. The molecule has 0 N–H and O–H groups in total. The maximum Gasteiger partial charge on any atom is 0.227 e. The van der Waals surface area contributed by atoms with Gasteiger partial charge in [-0.3, -0.25) is 9.59 Å². The molecule has 0 bridgehead atoms. The third-order valence-corrected chi connectivity index (χ3v) is 4.91. The fourth-order valence-electron chi connectivity index (χ4n) is 3.62. The molecule has 2 saturated heterocycles. The zero-order chi connectivity index (χ0) is 15.9. The number of hydrogen-bond acceptors (Lipinski definition) is 2. The van der Waals surface area contributed by atoms with E-state index >= 15 is 0 Å². The second-order valence-electron chi connectivity index (χ2n) is 7.16. The normalized spacial score (nSPS) is 24.8. The van der Waals surface area contributed by atoms with E-state index in [-0.39, 0.29) is 23.1 Å². The molecule has 1 aromatic carbocycles. The lowest BCUT2D eigenvalue weighted by atomic mass is 9.86. The van der Waals surface area contributed by atoms with E-state index in [2.05, 4.69) is 0 Å². The Labute approximate surface area is 132 Å². The molecule has 2 aliphatic heterocycles. The molecule has 0 aliphatic carbocycles. The highest BCUT2D eigenvalue weighted by atomic mass is 16.2. The molecule has 1 spiro atoms.